The van der Waals surface area contributed by atoms with Gasteiger partial charge in [0, 0.05) is 14.2 Å². The number of nitrogens with zero attached hydrogens (tertiary/aromatic N) is 2. The second-order valence-electron chi connectivity index (χ2n) is 4.59. The molecule has 0 aliphatic carbocycles. The summed E-state index contributed by atoms with van der Waals surface area (Å²) in [4.78, 5) is 4.17. The van der Waals surface area contributed by atoms with E-state index in [9.17, 15) is 5.11 Å². The third-order valence-electron chi connectivity index (χ3n) is 3.62. The monoisotopic (exact) mass is 276 g/mol. The second-order valence-corrected chi connectivity index (χ2v) is 4.59. The van der Waals surface area contributed by atoms with Crippen molar-refractivity contribution >= 4 is 0 Å². The van der Waals surface area contributed by atoms with Crippen molar-refractivity contribution in [1.82, 2.24) is 9.55 Å². The molecule has 0 fully saturated rings. The second kappa shape index (κ2) is 6.17. The number of ether oxygens (including phenoxy) is 2. The highest BCUT2D eigenvalue weighted by atomic mass is 16.7. The van der Waals surface area contributed by atoms with Gasteiger partial charge >= 0.3 is 0 Å². The van der Waals surface area contributed by atoms with Crippen molar-refractivity contribution in [3.63, 3.8) is 0 Å². The minimum absolute atomic E-state index is 0.0601. The smallest absolute Gasteiger partial charge is 0.235 e. The van der Waals surface area contributed by atoms with Gasteiger partial charge in [0.2, 0.25) is 5.79 Å². The molecule has 0 bridgehead atoms. The molecule has 1 atom stereocenters. The number of methoxy groups -OCH3 is 2. The summed E-state index contributed by atoms with van der Waals surface area (Å²) in [6, 6.07) is 10.1. The molecule has 0 radical (unpaired) electrons. The molecule has 1 heterocycles. The third-order valence-corrected chi connectivity index (χ3v) is 3.62. The number of benzene rings is 1. The van der Waals surface area contributed by atoms with Crippen LogP contribution in [-0.4, -0.2) is 35.5 Å². The van der Waals surface area contributed by atoms with Crippen LogP contribution < -0.4 is 0 Å². The van der Waals surface area contributed by atoms with Crippen molar-refractivity contribution in [2.45, 2.75) is 18.8 Å². The molecule has 108 valence electrons. The molecule has 5 nitrogen and oxygen atoms in total. The van der Waals surface area contributed by atoms with E-state index in [0.717, 1.165) is 5.56 Å². The standard InChI is InChI=1S/C15H20N2O3/c1-12(13-7-5-4-6-8-13)17-11-16-9-14(17)15(10-18,19-2)20-3/h4-9,11-12,18H,10H2,1-3H3/t12-/m1/s1. The lowest BCUT2D eigenvalue weighted by molar-refractivity contribution is -0.240. The Bertz CT molecular complexity index is 527. The Morgan fingerprint density at radius 3 is 2.45 bits per heavy atom. The van der Waals surface area contributed by atoms with Crippen LogP contribution >= 0.6 is 0 Å². The van der Waals surface area contributed by atoms with Crippen LogP contribution in [0.3, 0.4) is 0 Å². The van der Waals surface area contributed by atoms with Gasteiger partial charge < -0.3 is 19.1 Å². The zero-order valence-corrected chi connectivity index (χ0v) is 12.0. The molecule has 1 aromatic heterocycles. The Morgan fingerprint density at radius 1 is 1.25 bits per heavy atom. The van der Waals surface area contributed by atoms with Crippen molar-refractivity contribution in [3.8, 4) is 0 Å². The molecule has 2 rings (SSSR count). The van der Waals surface area contributed by atoms with Gasteiger partial charge in [0.25, 0.3) is 0 Å². The molecule has 0 aliphatic heterocycles. The topological polar surface area (TPSA) is 56.5 Å². The molecule has 0 unspecified atom stereocenters. The molecular weight excluding hydrogens is 256 g/mol. The maximum Gasteiger partial charge on any atom is 0.235 e. The maximum absolute atomic E-state index is 9.63. The Morgan fingerprint density at radius 2 is 1.90 bits per heavy atom. The minimum Gasteiger partial charge on any atom is -0.390 e. The highest BCUT2D eigenvalue weighted by Crippen LogP contribution is 2.29. The molecule has 0 spiro atoms. The molecule has 5 heteroatoms. The number of hydrogen-bond acceptors (Lipinski definition) is 4. The van der Waals surface area contributed by atoms with Crippen LogP contribution in [0.1, 0.15) is 24.2 Å². The van der Waals surface area contributed by atoms with E-state index in [1.807, 2.05) is 22.8 Å². The first kappa shape index (κ1) is 14.7. The number of aliphatic hydroxyl groups is 1. The third kappa shape index (κ3) is 2.47. The summed E-state index contributed by atoms with van der Waals surface area (Å²) in [6.45, 7) is 1.78. The summed E-state index contributed by atoms with van der Waals surface area (Å²) >= 11 is 0. The number of rotatable bonds is 6. The first-order chi connectivity index (χ1) is 9.68. The Balaban J connectivity index is 2.43. The van der Waals surface area contributed by atoms with Gasteiger partial charge in [-0.15, -0.1) is 0 Å². The fourth-order valence-corrected chi connectivity index (χ4v) is 2.30. The van der Waals surface area contributed by atoms with E-state index in [2.05, 4.69) is 24.0 Å². The number of imidazole rings is 1. The largest absolute Gasteiger partial charge is 0.390 e. The van der Waals surface area contributed by atoms with Gasteiger partial charge in [0.1, 0.15) is 12.3 Å². The van der Waals surface area contributed by atoms with Crippen LogP contribution in [0.25, 0.3) is 0 Å². The van der Waals surface area contributed by atoms with Gasteiger partial charge in [-0.1, -0.05) is 30.3 Å². The van der Waals surface area contributed by atoms with Gasteiger partial charge in [-0.2, -0.15) is 0 Å². The van der Waals surface area contributed by atoms with Gasteiger partial charge in [-0.05, 0) is 12.5 Å². The summed E-state index contributed by atoms with van der Waals surface area (Å²) in [7, 11) is 3.01. The van der Waals surface area contributed by atoms with Crippen molar-refractivity contribution in [2.24, 2.45) is 0 Å². The maximum atomic E-state index is 9.63. The summed E-state index contributed by atoms with van der Waals surface area (Å²) in [5.41, 5.74) is 1.83. The van der Waals surface area contributed by atoms with E-state index in [4.69, 9.17) is 9.47 Å². The van der Waals surface area contributed by atoms with Crippen molar-refractivity contribution in [2.75, 3.05) is 20.8 Å². The SMILES string of the molecule is COC(CO)(OC)c1cncn1[C@H](C)c1ccccc1. The minimum atomic E-state index is -1.19. The van der Waals surface area contributed by atoms with E-state index in [1.165, 1.54) is 14.2 Å². The summed E-state index contributed by atoms with van der Waals surface area (Å²) in [5, 5.41) is 9.63. The lowest BCUT2D eigenvalue weighted by Gasteiger charge is -2.31. The molecule has 1 N–H and O–H groups in total. The van der Waals surface area contributed by atoms with E-state index in [-0.39, 0.29) is 12.6 Å². The Labute approximate surface area is 118 Å². The van der Waals surface area contributed by atoms with Gasteiger partial charge in [-0.25, -0.2) is 4.98 Å². The van der Waals surface area contributed by atoms with Crippen LogP contribution in [0.15, 0.2) is 42.9 Å². The summed E-state index contributed by atoms with van der Waals surface area (Å²) in [5.74, 6) is -1.19. The molecule has 0 aliphatic rings. The fraction of sp³-hybridized carbons (Fsp3) is 0.400. The number of aliphatic hydroxyl groups excluding tert-OH is 1. The first-order valence-corrected chi connectivity index (χ1v) is 6.47. The van der Waals surface area contributed by atoms with E-state index >= 15 is 0 Å². The Kier molecular flexibility index (Phi) is 4.54. The average molecular weight is 276 g/mol. The van der Waals surface area contributed by atoms with E-state index in [1.54, 1.807) is 12.5 Å². The zero-order chi connectivity index (χ0) is 14.6. The predicted molar refractivity (Wildman–Crippen MR) is 75.3 cm³/mol. The van der Waals surface area contributed by atoms with Crippen LogP contribution in [0.2, 0.25) is 0 Å². The van der Waals surface area contributed by atoms with E-state index in [0.29, 0.717) is 5.69 Å². The summed E-state index contributed by atoms with van der Waals surface area (Å²) in [6.07, 6.45) is 3.37. The van der Waals surface area contributed by atoms with Gasteiger partial charge in [0.05, 0.1) is 18.6 Å². The quantitative estimate of drug-likeness (QED) is 0.819. The van der Waals surface area contributed by atoms with Crippen molar-refractivity contribution in [1.29, 1.82) is 0 Å². The predicted octanol–water partition coefficient (Wildman–Crippen LogP) is 1.93. The summed E-state index contributed by atoms with van der Waals surface area (Å²) < 4.78 is 12.7. The van der Waals surface area contributed by atoms with Gasteiger partial charge in [0.15, 0.2) is 0 Å². The van der Waals surface area contributed by atoms with E-state index < -0.39 is 5.79 Å². The average Bonchev–Trinajstić information content (AvgIpc) is 3.00. The van der Waals surface area contributed by atoms with Crippen LogP contribution in [0, 0.1) is 0 Å². The molecular formula is C15H20N2O3. The normalized spacial score (nSPS) is 13.4. The number of hydrogen-bond donors (Lipinski definition) is 1. The molecule has 0 saturated heterocycles. The van der Waals surface area contributed by atoms with Crippen molar-refractivity contribution < 1.29 is 14.6 Å². The molecule has 2 aromatic rings. The molecule has 0 saturated carbocycles. The van der Waals surface area contributed by atoms with Gasteiger partial charge in [-0.3, -0.25) is 0 Å². The highest BCUT2D eigenvalue weighted by Gasteiger charge is 2.36. The molecule has 0 amide bonds. The Hall–Kier alpha value is -1.69. The lowest BCUT2D eigenvalue weighted by Crippen LogP contribution is -2.37. The fourth-order valence-electron chi connectivity index (χ4n) is 2.30. The zero-order valence-electron chi connectivity index (χ0n) is 12.0. The lowest BCUT2D eigenvalue weighted by atomic mass is 10.1. The molecule has 1 aromatic carbocycles. The van der Waals surface area contributed by atoms with Crippen LogP contribution in [0.4, 0.5) is 0 Å². The van der Waals surface area contributed by atoms with Crippen molar-refractivity contribution in [3.05, 3.63) is 54.1 Å². The highest BCUT2D eigenvalue weighted by molar-refractivity contribution is 5.21. The first-order valence-electron chi connectivity index (χ1n) is 6.47. The number of aromatic nitrogens is 2. The van der Waals surface area contributed by atoms with Crippen LogP contribution in [0.5, 0.6) is 0 Å². The molecule has 20 heavy (non-hydrogen) atoms. The van der Waals surface area contributed by atoms with Crippen LogP contribution in [-0.2, 0) is 15.3 Å².